The first-order chi connectivity index (χ1) is 8.63. The minimum absolute atomic E-state index is 0.272. The molecule has 1 aromatic rings. The Morgan fingerprint density at radius 1 is 1.39 bits per heavy atom. The van der Waals surface area contributed by atoms with Crippen molar-refractivity contribution in [2.75, 3.05) is 20.2 Å². The number of ether oxygens (including phenoxy) is 1. The average molecular weight is 250 g/mol. The fourth-order valence-electron chi connectivity index (χ4n) is 2.31. The summed E-state index contributed by atoms with van der Waals surface area (Å²) in [5.74, 6) is -0.135. The second-order valence-corrected chi connectivity index (χ2v) is 4.45. The van der Waals surface area contributed by atoms with Gasteiger partial charge < -0.3 is 20.5 Å². The Morgan fingerprint density at radius 3 is 2.78 bits per heavy atom. The summed E-state index contributed by atoms with van der Waals surface area (Å²) in [6.07, 6.45) is 0. The van der Waals surface area contributed by atoms with Crippen LogP contribution in [0.2, 0.25) is 0 Å². The van der Waals surface area contributed by atoms with E-state index in [1.807, 2.05) is 25.1 Å². The van der Waals surface area contributed by atoms with Gasteiger partial charge >= 0.3 is 5.97 Å². The van der Waals surface area contributed by atoms with Crippen molar-refractivity contribution in [3.63, 3.8) is 0 Å². The molecule has 2 unspecified atom stereocenters. The Kier molecular flexibility index (Phi) is 3.84. The number of aliphatic carboxylic acids is 1. The van der Waals surface area contributed by atoms with E-state index in [1.165, 1.54) is 0 Å². The van der Waals surface area contributed by atoms with Gasteiger partial charge in [0.2, 0.25) is 0 Å². The minimum atomic E-state index is -0.851. The summed E-state index contributed by atoms with van der Waals surface area (Å²) in [5, 5.41) is 15.5. The normalized spacial score (nSPS) is 23.7. The van der Waals surface area contributed by atoms with Crippen LogP contribution in [0, 0.1) is 6.92 Å². The van der Waals surface area contributed by atoms with Gasteiger partial charge in [0.05, 0.1) is 13.2 Å². The number of methoxy groups -OCH3 is 1. The number of nitrogens with one attached hydrogen (secondary N) is 2. The van der Waals surface area contributed by atoms with Crippen molar-refractivity contribution in [3.05, 3.63) is 29.3 Å². The van der Waals surface area contributed by atoms with Gasteiger partial charge in [-0.05, 0) is 13.0 Å². The van der Waals surface area contributed by atoms with E-state index in [-0.39, 0.29) is 6.04 Å². The third kappa shape index (κ3) is 2.47. The molecule has 0 aliphatic carbocycles. The topological polar surface area (TPSA) is 70.6 Å². The Bertz CT molecular complexity index is 448. The van der Waals surface area contributed by atoms with Gasteiger partial charge in [-0.15, -0.1) is 0 Å². The van der Waals surface area contributed by atoms with E-state index in [4.69, 9.17) is 4.74 Å². The maximum Gasteiger partial charge on any atom is 0.322 e. The number of piperazine rings is 1. The summed E-state index contributed by atoms with van der Waals surface area (Å²) in [7, 11) is 1.60. The smallest absolute Gasteiger partial charge is 0.322 e. The minimum Gasteiger partial charge on any atom is -0.496 e. The number of benzene rings is 1. The molecule has 0 saturated carbocycles. The summed E-state index contributed by atoms with van der Waals surface area (Å²) in [6.45, 7) is 3.38. The third-order valence-electron chi connectivity index (χ3n) is 3.17. The lowest BCUT2D eigenvalue weighted by Crippen LogP contribution is -2.54. The maximum absolute atomic E-state index is 11.3. The van der Waals surface area contributed by atoms with Gasteiger partial charge in [-0.3, -0.25) is 4.79 Å². The van der Waals surface area contributed by atoms with E-state index < -0.39 is 12.0 Å². The zero-order valence-electron chi connectivity index (χ0n) is 10.6. The maximum atomic E-state index is 11.3. The van der Waals surface area contributed by atoms with Crippen LogP contribution in [0.1, 0.15) is 17.2 Å². The molecule has 18 heavy (non-hydrogen) atoms. The van der Waals surface area contributed by atoms with Crippen molar-refractivity contribution < 1.29 is 14.6 Å². The predicted molar refractivity (Wildman–Crippen MR) is 67.9 cm³/mol. The van der Waals surface area contributed by atoms with Crippen LogP contribution >= 0.6 is 0 Å². The fourth-order valence-corrected chi connectivity index (χ4v) is 2.31. The van der Waals surface area contributed by atoms with Crippen molar-refractivity contribution in [1.82, 2.24) is 10.6 Å². The third-order valence-corrected chi connectivity index (χ3v) is 3.17. The van der Waals surface area contributed by atoms with E-state index in [0.717, 1.165) is 17.7 Å². The van der Waals surface area contributed by atoms with Gasteiger partial charge in [-0.25, -0.2) is 0 Å². The quantitative estimate of drug-likeness (QED) is 0.736. The molecule has 1 heterocycles. The molecule has 1 aliphatic rings. The average Bonchev–Trinajstić information content (AvgIpc) is 2.38. The van der Waals surface area contributed by atoms with E-state index >= 15 is 0 Å². The lowest BCUT2D eigenvalue weighted by Gasteiger charge is -2.32. The lowest BCUT2D eigenvalue weighted by atomic mass is 9.95. The summed E-state index contributed by atoms with van der Waals surface area (Å²) in [4.78, 5) is 11.3. The molecule has 1 saturated heterocycles. The summed E-state index contributed by atoms with van der Waals surface area (Å²) < 4.78 is 5.32. The first-order valence-corrected chi connectivity index (χ1v) is 5.97. The molecule has 98 valence electrons. The molecule has 2 atom stereocenters. The summed E-state index contributed by atoms with van der Waals surface area (Å²) >= 11 is 0. The van der Waals surface area contributed by atoms with Gasteiger partial charge in [-0.1, -0.05) is 17.7 Å². The van der Waals surface area contributed by atoms with E-state index in [9.17, 15) is 9.90 Å². The molecule has 0 amide bonds. The molecule has 2 rings (SSSR count). The summed E-state index contributed by atoms with van der Waals surface area (Å²) in [5.41, 5.74) is 1.97. The molecule has 1 aromatic carbocycles. The van der Waals surface area contributed by atoms with E-state index in [2.05, 4.69) is 10.6 Å². The second-order valence-electron chi connectivity index (χ2n) is 4.45. The number of aryl methyl sites for hydroxylation is 1. The Balaban J connectivity index is 2.38. The molecule has 0 aromatic heterocycles. The molecule has 1 fully saturated rings. The zero-order valence-corrected chi connectivity index (χ0v) is 10.6. The van der Waals surface area contributed by atoms with Crippen LogP contribution in [0.25, 0.3) is 0 Å². The van der Waals surface area contributed by atoms with Crippen LogP contribution in [0.15, 0.2) is 18.2 Å². The van der Waals surface area contributed by atoms with Crippen molar-refractivity contribution in [1.29, 1.82) is 0 Å². The van der Waals surface area contributed by atoms with Crippen molar-refractivity contribution in [2.24, 2.45) is 0 Å². The molecule has 1 aliphatic heterocycles. The Hall–Kier alpha value is -1.59. The molecule has 0 spiro atoms. The van der Waals surface area contributed by atoms with E-state index in [1.54, 1.807) is 7.11 Å². The van der Waals surface area contributed by atoms with Crippen LogP contribution in [0.5, 0.6) is 5.75 Å². The predicted octanol–water partition coefficient (Wildman–Crippen LogP) is 0.691. The standard InChI is InChI=1S/C13H18N2O3/c1-8-3-4-10(18-2)9(7-8)11-12(13(16)17)15-6-5-14-11/h3-4,7,11-12,14-15H,5-6H2,1-2H3,(H,16,17). The van der Waals surface area contributed by atoms with E-state index in [0.29, 0.717) is 12.3 Å². The first-order valence-electron chi connectivity index (χ1n) is 5.97. The van der Waals surface area contributed by atoms with Gasteiger partial charge in [0.25, 0.3) is 0 Å². The molecule has 5 heteroatoms. The molecule has 0 bridgehead atoms. The van der Waals surface area contributed by atoms with Gasteiger partial charge in [-0.2, -0.15) is 0 Å². The zero-order chi connectivity index (χ0) is 13.1. The molecular weight excluding hydrogens is 232 g/mol. The number of carbonyl (C=O) groups is 1. The van der Waals surface area contributed by atoms with Crippen molar-refractivity contribution >= 4 is 5.97 Å². The van der Waals surface area contributed by atoms with Crippen LogP contribution in [-0.4, -0.2) is 37.3 Å². The SMILES string of the molecule is COc1ccc(C)cc1C1NCCNC1C(=O)O. The Labute approximate surface area is 106 Å². The molecular formula is C13H18N2O3. The largest absolute Gasteiger partial charge is 0.496 e. The fraction of sp³-hybridized carbons (Fsp3) is 0.462. The number of hydrogen-bond donors (Lipinski definition) is 3. The number of carboxylic acids is 1. The highest BCUT2D eigenvalue weighted by molar-refractivity contribution is 5.75. The number of hydrogen-bond acceptors (Lipinski definition) is 4. The van der Waals surface area contributed by atoms with Gasteiger partial charge in [0, 0.05) is 18.7 Å². The number of carboxylic acid groups (broad SMARTS) is 1. The lowest BCUT2D eigenvalue weighted by molar-refractivity contribution is -0.140. The van der Waals surface area contributed by atoms with Crippen LogP contribution in [0.4, 0.5) is 0 Å². The van der Waals surface area contributed by atoms with Crippen molar-refractivity contribution in [3.8, 4) is 5.75 Å². The molecule has 5 nitrogen and oxygen atoms in total. The molecule has 0 radical (unpaired) electrons. The highest BCUT2D eigenvalue weighted by atomic mass is 16.5. The van der Waals surface area contributed by atoms with Gasteiger partial charge in [0.1, 0.15) is 11.8 Å². The van der Waals surface area contributed by atoms with Crippen LogP contribution in [-0.2, 0) is 4.79 Å². The first kappa shape index (κ1) is 12.9. The second kappa shape index (κ2) is 5.37. The van der Waals surface area contributed by atoms with Crippen molar-refractivity contribution in [2.45, 2.75) is 19.0 Å². The van der Waals surface area contributed by atoms with Crippen LogP contribution < -0.4 is 15.4 Å². The highest BCUT2D eigenvalue weighted by Gasteiger charge is 2.33. The Morgan fingerprint density at radius 2 is 2.11 bits per heavy atom. The van der Waals surface area contributed by atoms with Gasteiger partial charge in [0.15, 0.2) is 0 Å². The summed E-state index contributed by atoms with van der Waals surface area (Å²) in [6, 6.07) is 4.90. The molecule has 3 N–H and O–H groups in total. The highest BCUT2D eigenvalue weighted by Crippen LogP contribution is 2.29. The monoisotopic (exact) mass is 250 g/mol. The number of rotatable bonds is 3. The van der Waals surface area contributed by atoms with Crippen LogP contribution in [0.3, 0.4) is 0 Å².